The largest absolute Gasteiger partial charge is 0.480 e. The normalized spacial score (nSPS) is 23.1. The fourth-order valence-electron chi connectivity index (χ4n) is 1.33. The zero-order chi connectivity index (χ0) is 15.0. The van der Waals surface area contributed by atoms with Crippen molar-refractivity contribution in [3.05, 3.63) is 0 Å². The van der Waals surface area contributed by atoms with Crippen molar-refractivity contribution in [2.75, 3.05) is 6.54 Å². The molecule has 9 nitrogen and oxygen atoms in total. The van der Waals surface area contributed by atoms with Gasteiger partial charge in [0.2, 0.25) is 5.91 Å². The Morgan fingerprint density at radius 1 is 1.32 bits per heavy atom. The third-order valence-corrected chi connectivity index (χ3v) is 2.42. The molecule has 1 saturated heterocycles. The first-order valence-electron chi connectivity index (χ1n) is 5.65. The van der Waals surface area contributed by atoms with E-state index in [9.17, 15) is 14.4 Å². The van der Waals surface area contributed by atoms with Crippen LogP contribution in [0.5, 0.6) is 0 Å². The Hall–Kier alpha value is -1.71. The number of aliphatic hydroxyl groups excluding tert-OH is 1. The molecular formula is C10H19N3O6. The molecule has 0 bridgehead atoms. The lowest BCUT2D eigenvalue weighted by Crippen LogP contribution is -2.31. The molecule has 19 heavy (non-hydrogen) atoms. The van der Waals surface area contributed by atoms with Crippen molar-refractivity contribution in [1.82, 2.24) is 5.32 Å². The molecule has 1 amide bonds. The number of nitrogens with two attached hydrogens (primary N) is 2. The molecule has 1 rings (SSSR count). The summed E-state index contributed by atoms with van der Waals surface area (Å²) in [6.45, 7) is 0.400. The highest BCUT2D eigenvalue weighted by atomic mass is 16.4. The average molecular weight is 277 g/mol. The molecule has 8 N–H and O–H groups in total. The van der Waals surface area contributed by atoms with E-state index in [0.29, 0.717) is 13.0 Å². The van der Waals surface area contributed by atoms with Gasteiger partial charge >= 0.3 is 11.9 Å². The number of carboxylic acid groups (broad SMARTS) is 2. The number of carboxylic acids is 2. The molecule has 0 aromatic heterocycles. The smallest absolute Gasteiger partial charge is 0.320 e. The van der Waals surface area contributed by atoms with Gasteiger partial charge in [0.1, 0.15) is 12.1 Å². The lowest BCUT2D eigenvalue weighted by molar-refractivity contribution is -0.140. The molecule has 1 heterocycles. The Kier molecular flexibility index (Phi) is 7.65. The minimum atomic E-state index is -1.11. The summed E-state index contributed by atoms with van der Waals surface area (Å²) in [5, 5.41) is 28.1. The molecule has 0 spiro atoms. The Morgan fingerprint density at radius 3 is 2.16 bits per heavy atom. The van der Waals surface area contributed by atoms with Crippen LogP contribution in [-0.2, 0) is 14.4 Å². The summed E-state index contributed by atoms with van der Waals surface area (Å²) in [7, 11) is 0. The van der Waals surface area contributed by atoms with Gasteiger partial charge in [-0.05, 0) is 6.42 Å². The van der Waals surface area contributed by atoms with Crippen LogP contribution in [0.15, 0.2) is 0 Å². The van der Waals surface area contributed by atoms with Crippen molar-refractivity contribution in [3.63, 3.8) is 0 Å². The Balaban J connectivity index is 0.000000342. The highest BCUT2D eigenvalue weighted by Crippen LogP contribution is 2.05. The van der Waals surface area contributed by atoms with Gasteiger partial charge in [0.25, 0.3) is 0 Å². The minimum absolute atomic E-state index is 0.0213. The number of rotatable bonds is 5. The third kappa shape index (κ3) is 8.08. The molecule has 3 atom stereocenters. The van der Waals surface area contributed by atoms with E-state index in [1.165, 1.54) is 0 Å². The number of carbonyl (C=O) groups excluding carboxylic acids is 1. The summed E-state index contributed by atoms with van der Waals surface area (Å²) in [4.78, 5) is 30.3. The van der Waals surface area contributed by atoms with E-state index in [0.717, 1.165) is 0 Å². The van der Waals surface area contributed by atoms with E-state index in [1.807, 2.05) is 0 Å². The first kappa shape index (κ1) is 17.3. The summed E-state index contributed by atoms with van der Waals surface area (Å²) >= 11 is 0. The number of hydrogen-bond acceptors (Lipinski definition) is 6. The fraction of sp³-hybridized carbons (Fsp3) is 0.700. The molecule has 0 aromatic carbocycles. The van der Waals surface area contributed by atoms with E-state index in [-0.39, 0.29) is 12.8 Å². The van der Waals surface area contributed by atoms with Crippen molar-refractivity contribution >= 4 is 17.8 Å². The summed E-state index contributed by atoms with van der Waals surface area (Å²) in [6, 6.07) is -1.52. The second-order valence-corrected chi connectivity index (χ2v) is 4.14. The molecule has 0 radical (unpaired) electrons. The van der Waals surface area contributed by atoms with Crippen LogP contribution in [-0.4, -0.2) is 57.9 Å². The van der Waals surface area contributed by atoms with E-state index in [2.05, 4.69) is 5.32 Å². The fourth-order valence-corrected chi connectivity index (χ4v) is 1.33. The topological polar surface area (TPSA) is 176 Å². The lowest BCUT2D eigenvalue weighted by atomic mass is 10.2. The van der Waals surface area contributed by atoms with E-state index < -0.39 is 36.0 Å². The Morgan fingerprint density at radius 2 is 1.89 bits per heavy atom. The van der Waals surface area contributed by atoms with Gasteiger partial charge in [0.05, 0.1) is 6.10 Å². The molecule has 1 aliphatic rings. The number of amides is 1. The molecule has 1 fully saturated rings. The van der Waals surface area contributed by atoms with Crippen molar-refractivity contribution in [2.24, 2.45) is 11.5 Å². The minimum Gasteiger partial charge on any atom is -0.480 e. The van der Waals surface area contributed by atoms with Gasteiger partial charge in [0.15, 0.2) is 0 Å². The SMILES string of the molecule is NC(=O)CC[C@H](N)C(=O)O.O=C(O)[C@@H]1C[C@@H](O)CN1. The van der Waals surface area contributed by atoms with Crippen LogP contribution in [0.25, 0.3) is 0 Å². The van der Waals surface area contributed by atoms with Crippen LogP contribution in [0.3, 0.4) is 0 Å². The number of hydrogen-bond donors (Lipinski definition) is 6. The predicted molar refractivity (Wildman–Crippen MR) is 64.1 cm³/mol. The zero-order valence-electron chi connectivity index (χ0n) is 10.3. The summed E-state index contributed by atoms with van der Waals surface area (Å²) < 4.78 is 0. The van der Waals surface area contributed by atoms with Gasteiger partial charge in [-0.1, -0.05) is 0 Å². The van der Waals surface area contributed by atoms with Crippen molar-refractivity contribution in [3.8, 4) is 0 Å². The standard InChI is InChI=1S/C5H10N2O3.C5H9NO3/c6-3(5(9)10)1-2-4(7)8;7-3-1-4(5(8)9)6-2-3/h3H,1-2,6H2,(H2,7,8)(H,9,10);3-4,6-7H,1-2H2,(H,8,9)/t3-;3-,4+/m01/s1. The summed E-state index contributed by atoms with van der Waals surface area (Å²) in [5.41, 5.74) is 9.81. The number of β-amino-alcohol motifs (C(OH)–C–C–N with tert-alkyl or cyclic N) is 1. The predicted octanol–water partition coefficient (Wildman–Crippen LogP) is -2.54. The van der Waals surface area contributed by atoms with Crippen LogP contribution >= 0.6 is 0 Å². The molecule has 1 aliphatic heterocycles. The quantitative estimate of drug-likeness (QED) is 0.318. The summed E-state index contributed by atoms with van der Waals surface area (Å²) in [6.07, 6.45) is -0.0286. The van der Waals surface area contributed by atoms with Gasteiger partial charge in [-0.3, -0.25) is 14.4 Å². The summed E-state index contributed by atoms with van der Waals surface area (Å²) in [5.74, 6) is -2.52. The van der Waals surface area contributed by atoms with Crippen LogP contribution in [0.2, 0.25) is 0 Å². The second-order valence-electron chi connectivity index (χ2n) is 4.14. The van der Waals surface area contributed by atoms with Crippen molar-refractivity contribution < 1.29 is 29.7 Å². The molecule has 0 saturated carbocycles. The molecule has 0 aromatic rings. The average Bonchev–Trinajstić information content (AvgIpc) is 2.73. The molecule has 0 unspecified atom stereocenters. The van der Waals surface area contributed by atoms with Gasteiger partial charge in [0, 0.05) is 19.4 Å². The highest BCUT2D eigenvalue weighted by molar-refractivity contribution is 5.77. The number of nitrogens with one attached hydrogen (secondary N) is 1. The van der Waals surface area contributed by atoms with E-state index in [1.54, 1.807) is 0 Å². The van der Waals surface area contributed by atoms with Gasteiger partial charge in [-0.25, -0.2) is 0 Å². The number of carbonyl (C=O) groups is 3. The number of aliphatic carboxylic acids is 2. The first-order valence-corrected chi connectivity index (χ1v) is 5.65. The third-order valence-electron chi connectivity index (χ3n) is 2.42. The van der Waals surface area contributed by atoms with Crippen LogP contribution in [0.1, 0.15) is 19.3 Å². The lowest BCUT2D eigenvalue weighted by Gasteiger charge is -2.01. The van der Waals surface area contributed by atoms with Crippen LogP contribution in [0, 0.1) is 0 Å². The van der Waals surface area contributed by atoms with Crippen LogP contribution < -0.4 is 16.8 Å². The maximum Gasteiger partial charge on any atom is 0.320 e. The Bertz CT molecular complexity index is 335. The highest BCUT2D eigenvalue weighted by Gasteiger charge is 2.27. The Labute approximate surface area is 109 Å². The second kappa shape index (κ2) is 8.40. The van der Waals surface area contributed by atoms with E-state index in [4.69, 9.17) is 26.8 Å². The van der Waals surface area contributed by atoms with Gasteiger partial charge in [-0.15, -0.1) is 0 Å². The van der Waals surface area contributed by atoms with Crippen molar-refractivity contribution in [2.45, 2.75) is 37.5 Å². The number of primary amides is 1. The van der Waals surface area contributed by atoms with Gasteiger partial charge < -0.3 is 32.1 Å². The van der Waals surface area contributed by atoms with Crippen molar-refractivity contribution in [1.29, 1.82) is 0 Å². The molecule has 9 heteroatoms. The first-order chi connectivity index (χ1) is 8.73. The monoisotopic (exact) mass is 277 g/mol. The van der Waals surface area contributed by atoms with E-state index >= 15 is 0 Å². The molecular weight excluding hydrogens is 258 g/mol. The maximum absolute atomic E-state index is 10.2. The van der Waals surface area contributed by atoms with Crippen LogP contribution in [0.4, 0.5) is 0 Å². The number of aliphatic hydroxyl groups is 1. The molecule has 110 valence electrons. The zero-order valence-corrected chi connectivity index (χ0v) is 10.3. The molecule has 0 aliphatic carbocycles. The van der Waals surface area contributed by atoms with Gasteiger partial charge in [-0.2, -0.15) is 0 Å². The maximum atomic E-state index is 10.2.